The van der Waals surface area contributed by atoms with E-state index in [2.05, 4.69) is 18.3 Å². The standard InChI is InChI=1S/C13H22N2/c1-13(7-8-13)10-15-12-6-4-2-3-5-11(12)9-14/h11-12,15H,2-8,10H2,1H3. The summed E-state index contributed by atoms with van der Waals surface area (Å²) in [5.41, 5.74) is 0.562. The van der Waals surface area contributed by atoms with Gasteiger partial charge in [-0.05, 0) is 31.1 Å². The van der Waals surface area contributed by atoms with Crippen molar-refractivity contribution in [1.82, 2.24) is 5.32 Å². The van der Waals surface area contributed by atoms with Crippen LogP contribution in [0.25, 0.3) is 0 Å². The molecule has 2 aliphatic rings. The summed E-state index contributed by atoms with van der Waals surface area (Å²) in [6.45, 7) is 3.47. The smallest absolute Gasteiger partial charge is 0.0672 e. The Morgan fingerprint density at radius 2 is 2.00 bits per heavy atom. The third kappa shape index (κ3) is 2.95. The summed E-state index contributed by atoms with van der Waals surface area (Å²) < 4.78 is 0. The molecule has 0 aromatic carbocycles. The van der Waals surface area contributed by atoms with Gasteiger partial charge in [0.15, 0.2) is 0 Å². The molecule has 15 heavy (non-hydrogen) atoms. The van der Waals surface area contributed by atoms with Gasteiger partial charge < -0.3 is 5.32 Å². The van der Waals surface area contributed by atoms with Crippen molar-refractivity contribution in [3.63, 3.8) is 0 Å². The molecule has 0 heterocycles. The molecule has 2 saturated carbocycles. The van der Waals surface area contributed by atoms with Gasteiger partial charge >= 0.3 is 0 Å². The van der Waals surface area contributed by atoms with E-state index in [0.717, 1.165) is 13.0 Å². The molecule has 2 heteroatoms. The van der Waals surface area contributed by atoms with Crippen LogP contribution in [0.4, 0.5) is 0 Å². The number of nitrogens with one attached hydrogen (secondary N) is 1. The molecule has 0 radical (unpaired) electrons. The zero-order valence-corrected chi connectivity index (χ0v) is 9.76. The highest BCUT2D eigenvalue weighted by Gasteiger charge is 2.37. The monoisotopic (exact) mass is 206 g/mol. The van der Waals surface area contributed by atoms with Crippen molar-refractivity contribution in [2.45, 2.75) is 57.9 Å². The van der Waals surface area contributed by atoms with Crippen molar-refractivity contribution in [3.05, 3.63) is 0 Å². The van der Waals surface area contributed by atoms with Gasteiger partial charge in [-0.15, -0.1) is 0 Å². The second-order valence-electron chi connectivity index (χ2n) is 5.67. The molecule has 0 aromatic rings. The Balaban J connectivity index is 1.84. The Bertz CT molecular complexity index is 250. The fourth-order valence-electron chi connectivity index (χ4n) is 2.47. The fraction of sp³-hybridized carbons (Fsp3) is 0.923. The van der Waals surface area contributed by atoms with Crippen LogP contribution in [0.5, 0.6) is 0 Å². The maximum absolute atomic E-state index is 9.14. The SMILES string of the molecule is CC1(CNC2CCCCCC2C#N)CC1. The lowest BCUT2D eigenvalue weighted by Gasteiger charge is -2.22. The number of nitriles is 1. The minimum absolute atomic E-state index is 0.259. The van der Waals surface area contributed by atoms with Crippen LogP contribution in [0.3, 0.4) is 0 Å². The van der Waals surface area contributed by atoms with E-state index in [1.54, 1.807) is 0 Å². The molecule has 0 aliphatic heterocycles. The van der Waals surface area contributed by atoms with Gasteiger partial charge in [0.05, 0.1) is 12.0 Å². The lowest BCUT2D eigenvalue weighted by molar-refractivity contribution is 0.359. The van der Waals surface area contributed by atoms with Crippen molar-refractivity contribution < 1.29 is 0 Å². The summed E-state index contributed by atoms with van der Waals surface area (Å²) in [5, 5.41) is 12.8. The summed E-state index contributed by atoms with van der Waals surface area (Å²) in [4.78, 5) is 0. The summed E-state index contributed by atoms with van der Waals surface area (Å²) in [5.74, 6) is 0.259. The summed E-state index contributed by atoms with van der Waals surface area (Å²) in [7, 11) is 0. The zero-order valence-electron chi connectivity index (χ0n) is 9.76. The van der Waals surface area contributed by atoms with Crippen molar-refractivity contribution >= 4 is 0 Å². The van der Waals surface area contributed by atoms with Crippen molar-refractivity contribution in [2.75, 3.05) is 6.54 Å². The normalized spacial score (nSPS) is 34.1. The zero-order chi connectivity index (χ0) is 10.7. The van der Waals surface area contributed by atoms with Crippen LogP contribution < -0.4 is 5.32 Å². The quantitative estimate of drug-likeness (QED) is 0.721. The molecule has 0 amide bonds. The Morgan fingerprint density at radius 1 is 1.27 bits per heavy atom. The molecule has 84 valence electrons. The van der Waals surface area contributed by atoms with E-state index in [-0.39, 0.29) is 5.92 Å². The van der Waals surface area contributed by atoms with Gasteiger partial charge in [-0.25, -0.2) is 0 Å². The molecule has 2 rings (SSSR count). The first-order chi connectivity index (χ1) is 7.23. The molecule has 2 aliphatic carbocycles. The number of nitrogens with zero attached hydrogens (tertiary/aromatic N) is 1. The average molecular weight is 206 g/mol. The number of rotatable bonds is 3. The first kappa shape index (κ1) is 11.0. The van der Waals surface area contributed by atoms with E-state index in [9.17, 15) is 0 Å². The van der Waals surface area contributed by atoms with Crippen molar-refractivity contribution in [3.8, 4) is 6.07 Å². The van der Waals surface area contributed by atoms with E-state index >= 15 is 0 Å². The van der Waals surface area contributed by atoms with Crippen LogP contribution in [0.2, 0.25) is 0 Å². The molecule has 0 spiro atoms. The molecule has 2 fully saturated rings. The van der Waals surface area contributed by atoms with Gasteiger partial charge in [0.25, 0.3) is 0 Å². The molecular formula is C13H22N2. The maximum atomic E-state index is 9.14. The van der Waals surface area contributed by atoms with E-state index < -0.39 is 0 Å². The van der Waals surface area contributed by atoms with Gasteiger partial charge in [0.1, 0.15) is 0 Å². The highest BCUT2D eigenvalue weighted by Crippen LogP contribution is 2.44. The Labute approximate surface area is 93.0 Å². The Hall–Kier alpha value is -0.550. The predicted molar refractivity (Wildman–Crippen MR) is 61.3 cm³/mol. The van der Waals surface area contributed by atoms with E-state index in [1.165, 1.54) is 38.5 Å². The number of hydrogen-bond acceptors (Lipinski definition) is 2. The van der Waals surface area contributed by atoms with Gasteiger partial charge in [0.2, 0.25) is 0 Å². The lowest BCUT2D eigenvalue weighted by atomic mass is 9.95. The summed E-state index contributed by atoms with van der Waals surface area (Å²) >= 11 is 0. The van der Waals surface area contributed by atoms with Crippen LogP contribution in [0.1, 0.15) is 51.9 Å². The first-order valence-electron chi connectivity index (χ1n) is 6.37. The molecular weight excluding hydrogens is 184 g/mol. The summed E-state index contributed by atoms with van der Waals surface area (Å²) in [6.07, 6.45) is 8.89. The van der Waals surface area contributed by atoms with Gasteiger partial charge in [-0.3, -0.25) is 0 Å². The average Bonchev–Trinajstić information content (AvgIpc) is 2.99. The molecule has 2 unspecified atom stereocenters. The maximum Gasteiger partial charge on any atom is 0.0672 e. The second kappa shape index (κ2) is 4.53. The third-order valence-electron chi connectivity index (χ3n) is 4.08. The first-order valence-corrected chi connectivity index (χ1v) is 6.37. The molecule has 0 bridgehead atoms. The Morgan fingerprint density at radius 3 is 2.67 bits per heavy atom. The molecule has 2 nitrogen and oxygen atoms in total. The van der Waals surface area contributed by atoms with Crippen LogP contribution in [0.15, 0.2) is 0 Å². The molecule has 0 aromatic heterocycles. The van der Waals surface area contributed by atoms with E-state index in [0.29, 0.717) is 11.5 Å². The highest BCUT2D eigenvalue weighted by molar-refractivity contribution is 4.97. The molecule has 2 atom stereocenters. The number of hydrogen-bond donors (Lipinski definition) is 1. The van der Waals surface area contributed by atoms with Gasteiger partial charge in [-0.2, -0.15) is 5.26 Å². The second-order valence-corrected chi connectivity index (χ2v) is 5.67. The van der Waals surface area contributed by atoms with Crippen molar-refractivity contribution in [2.24, 2.45) is 11.3 Å². The fourth-order valence-corrected chi connectivity index (χ4v) is 2.47. The van der Waals surface area contributed by atoms with Gasteiger partial charge in [0, 0.05) is 12.6 Å². The minimum Gasteiger partial charge on any atom is -0.312 e. The minimum atomic E-state index is 0.259. The van der Waals surface area contributed by atoms with Crippen LogP contribution in [0, 0.1) is 22.7 Å². The van der Waals surface area contributed by atoms with Crippen LogP contribution >= 0.6 is 0 Å². The van der Waals surface area contributed by atoms with Crippen LogP contribution in [-0.4, -0.2) is 12.6 Å². The Kier molecular flexibility index (Phi) is 3.31. The molecule has 0 saturated heterocycles. The largest absolute Gasteiger partial charge is 0.312 e. The summed E-state index contributed by atoms with van der Waals surface area (Å²) in [6, 6.07) is 2.96. The topological polar surface area (TPSA) is 35.8 Å². The molecule has 1 N–H and O–H groups in total. The van der Waals surface area contributed by atoms with Crippen LogP contribution in [-0.2, 0) is 0 Å². The van der Waals surface area contributed by atoms with E-state index in [4.69, 9.17) is 5.26 Å². The predicted octanol–water partition coefficient (Wildman–Crippen LogP) is 2.85. The van der Waals surface area contributed by atoms with Crippen molar-refractivity contribution in [1.29, 1.82) is 5.26 Å². The van der Waals surface area contributed by atoms with E-state index in [1.807, 2.05) is 0 Å². The lowest BCUT2D eigenvalue weighted by Crippen LogP contribution is -2.38. The third-order valence-corrected chi connectivity index (χ3v) is 4.08. The highest BCUT2D eigenvalue weighted by atomic mass is 14.9. The van der Waals surface area contributed by atoms with Gasteiger partial charge in [-0.1, -0.05) is 26.2 Å².